The van der Waals surface area contributed by atoms with Crippen molar-refractivity contribution >= 4 is 17.4 Å². The number of hydrogen-bond acceptors (Lipinski definition) is 3. The Kier molecular flexibility index (Phi) is 1.67. The summed E-state index contributed by atoms with van der Waals surface area (Å²) in [5.74, 6) is 0. The van der Waals surface area contributed by atoms with Gasteiger partial charge in [-0.15, -0.1) is 11.3 Å². The molecule has 0 N–H and O–H groups in total. The van der Waals surface area contributed by atoms with Gasteiger partial charge in [-0.05, 0) is 43.7 Å². The molecule has 2 nitrogen and oxygen atoms in total. The number of thiophene rings is 1. The van der Waals surface area contributed by atoms with Gasteiger partial charge in [-0.25, -0.2) is 4.79 Å². The van der Waals surface area contributed by atoms with Crippen molar-refractivity contribution < 1.29 is 4.79 Å². The number of rotatable bonds is 2. The summed E-state index contributed by atoms with van der Waals surface area (Å²) >= 11 is 1.86. The minimum Gasteiger partial charge on any atom is -0.211 e. The number of aryl methyl sites for hydroxylation is 2. The van der Waals surface area contributed by atoms with Crippen molar-refractivity contribution in [1.82, 2.24) is 0 Å². The van der Waals surface area contributed by atoms with Crippen molar-refractivity contribution in [1.29, 1.82) is 0 Å². The molecule has 0 saturated heterocycles. The first-order valence-corrected chi connectivity index (χ1v) is 5.87. The summed E-state index contributed by atoms with van der Waals surface area (Å²) in [6.07, 6.45) is 7.51. The molecule has 3 rings (SSSR count). The Labute approximate surface area is 86.7 Å². The first kappa shape index (κ1) is 8.39. The highest BCUT2D eigenvalue weighted by Gasteiger charge is 2.46. The van der Waals surface area contributed by atoms with E-state index in [1.807, 2.05) is 11.3 Å². The van der Waals surface area contributed by atoms with Crippen LogP contribution in [-0.2, 0) is 23.2 Å². The molecule has 0 unspecified atom stereocenters. The Morgan fingerprint density at radius 2 is 2.29 bits per heavy atom. The van der Waals surface area contributed by atoms with E-state index < -0.39 is 0 Å². The molecule has 0 aliphatic heterocycles. The van der Waals surface area contributed by atoms with Crippen molar-refractivity contribution in [2.75, 3.05) is 0 Å². The van der Waals surface area contributed by atoms with Gasteiger partial charge < -0.3 is 0 Å². The minimum absolute atomic E-state index is 0.142. The van der Waals surface area contributed by atoms with Crippen molar-refractivity contribution in [3.8, 4) is 0 Å². The van der Waals surface area contributed by atoms with Gasteiger partial charge in [0.15, 0.2) is 0 Å². The number of isocyanates is 1. The molecule has 1 fully saturated rings. The van der Waals surface area contributed by atoms with Crippen molar-refractivity contribution in [2.45, 2.75) is 37.6 Å². The first-order chi connectivity index (χ1) is 6.84. The van der Waals surface area contributed by atoms with Crippen LogP contribution in [0.1, 0.15) is 34.6 Å². The van der Waals surface area contributed by atoms with Crippen LogP contribution in [0.2, 0.25) is 0 Å². The fourth-order valence-electron chi connectivity index (χ4n) is 2.18. The van der Waals surface area contributed by atoms with Gasteiger partial charge in [0.2, 0.25) is 6.08 Å². The molecule has 1 heterocycles. The van der Waals surface area contributed by atoms with Gasteiger partial charge in [0.1, 0.15) is 5.54 Å². The van der Waals surface area contributed by atoms with E-state index in [-0.39, 0.29) is 5.54 Å². The quantitative estimate of drug-likeness (QED) is 0.539. The minimum atomic E-state index is -0.142. The van der Waals surface area contributed by atoms with E-state index in [1.165, 1.54) is 34.6 Å². The highest BCUT2D eigenvalue weighted by molar-refractivity contribution is 7.12. The van der Waals surface area contributed by atoms with Gasteiger partial charge in [0.05, 0.1) is 0 Å². The zero-order chi connectivity index (χ0) is 9.60. The average molecular weight is 205 g/mol. The summed E-state index contributed by atoms with van der Waals surface area (Å²) in [5.41, 5.74) is 1.36. The summed E-state index contributed by atoms with van der Waals surface area (Å²) in [4.78, 5) is 17.1. The lowest BCUT2D eigenvalue weighted by molar-refractivity contribution is 0.557. The zero-order valence-electron chi connectivity index (χ0n) is 7.88. The molecule has 0 spiro atoms. The highest BCUT2D eigenvalue weighted by atomic mass is 32.1. The maximum absolute atomic E-state index is 10.3. The van der Waals surface area contributed by atoms with E-state index in [4.69, 9.17) is 0 Å². The van der Waals surface area contributed by atoms with Crippen LogP contribution in [0, 0.1) is 0 Å². The summed E-state index contributed by atoms with van der Waals surface area (Å²) in [6, 6.07) is 2.26. The number of aliphatic imine (C=N–C) groups is 1. The molecule has 1 saturated carbocycles. The summed E-state index contributed by atoms with van der Waals surface area (Å²) < 4.78 is 0. The molecule has 3 heteroatoms. The van der Waals surface area contributed by atoms with E-state index in [0.717, 1.165) is 12.8 Å². The van der Waals surface area contributed by atoms with Gasteiger partial charge in [-0.2, -0.15) is 4.99 Å². The number of hydrogen-bond donors (Lipinski definition) is 0. The Hall–Kier alpha value is -0.920. The third-order valence-corrected chi connectivity index (χ3v) is 4.62. The van der Waals surface area contributed by atoms with Crippen molar-refractivity contribution in [2.24, 2.45) is 4.99 Å². The number of fused-ring (bicyclic) bond motifs is 1. The second-order valence-corrected chi connectivity index (χ2v) is 5.28. The molecule has 0 bridgehead atoms. The van der Waals surface area contributed by atoms with E-state index >= 15 is 0 Å². The van der Waals surface area contributed by atoms with Gasteiger partial charge in [-0.3, -0.25) is 0 Å². The average Bonchev–Trinajstić information content (AvgIpc) is 2.65. The van der Waals surface area contributed by atoms with Crippen molar-refractivity contribution in [3.63, 3.8) is 0 Å². The van der Waals surface area contributed by atoms with E-state index in [9.17, 15) is 4.79 Å². The maximum Gasteiger partial charge on any atom is 0.235 e. The Bertz CT molecular complexity index is 403. The van der Waals surface area contributed by atoms with Crippen LogP contribution >= 0.6 is 11.3 Å². The molecular formula is C11H11NOS. The fourth-order valence-corrected chi connectivity index (χ4v) is 3.62. The Morgan fingerprint density at radius 3 is 2.93 bits per heavy atom. The molecule has 72 valence electrons. The normalized spacial score (nSPS) is 21.4. The predicted octanol–water partition coefficient (Wildman–Crippen LogP) is 2.56. The lowest BCUT2D eigenvalue weighted by Crippen LogP contribution is -1.98. The topological polar surface area (TPSA) is 29.4 Å². The van der Waals surface area contributed by atoms with Crippen LogP contribution in [0.25, 0.3) is 0 Å². The molecule has 0 radical (unpaired) electrons. The third kappa shape index (κ3) is 1.09. The fraction of sp³-hybridized carbons (Fsp3) is 0.545. The Morgan fingerprint density at radius 1 is 1.43 bits per heavy atom. The molecule has 2 aliphatic carbocycles. The largest absolute Gasteiger partial charge is 0.235 e. The Balaban J connectivity index is 2.01. The van der Waals surface area contributed by atoms with Crippen LogP contribution < -0.4 is 0 Å². The van der Waals surface area contributed by atoms with Crippen LogP contribution in [0.5, 0.6) is 0 Å². The van der Waals surface area contributed by atoms with Gasteiger partial charge in [0, 0.05) is 9.75 Å². The van der Waals surface area contributed by atoms with E-state index in [0.29, 0.717) is 0 Å². The molecule has 0 aromatic carbocycles. The molecule has 1 aromatic rings. The van der Waals surface area contributed by atoms with Crippen LogP contribution in [0.3, 0.4) is 0 Å². The smallest absolute Gasteiger partial charge is 0.211 e. The lowest BCUT2D eigenvalue weighted by Gasteiger charge is -2.02. The monoisotopic (exact) mass is 205 g/mol. The predicted molar refractivity (Wildman–Crippen MR) is 55.4 cm³/mol. The molecule has 1 aromatic heterocycles. The van der Waals surface area contributed by atoms with E-state index in [1.54, 1.807) is 6.08 Å². The van der Waals surface area contributed by atoms with Crippen LogP contribution in [-0.4, -0.2) is 6.08 Å². The summed E-state index contributed by atoms with van der Waals surface area (Å²) in [6.45, 7) is 0. The summed E-state index contributed by atoms with van der Waals surface area (Å²) in [5, 5.41) is 0. The lowest BCUT2D eigenvalue weighted by atomic mass is 10.2. The second-order valence-electron chi connectivity index (χ2n) is 4.15. The van der Waals surface area contributed by atoms with Crippen LogP contribution in [0.15, 0.2) is 11.1 Å². The summed E-state index contributed by atoms with van der Waals surface area (Å²) in [7, 11) is 0. The SMILES string of the molecule is O=C=NC1(c2cc3c(s2)CCC3)CC1. The van der Waals surface area contributed by atoms with Gasteiger partial charge in [-0.1, -0.05) is 0 Å². The third-order valence-electron chi connectivity index (χ3n) is 3.19. The highest BCUT2D eigenvalue weighted by Crippen LogP contribution is 2.52. The van der Waals surface area contributed by atoms with E-state index in [2.05, 4.69) is 11.1 Å². The molecular weight excluding hydrogens is 194 g/mol. The van der Waals surface area contributed by atoms with Gasteiger partial charge in [0.25, 0.3) is 0 Å². The number of nitrogens with zero attached hydrogens (tertiary/aromatic N) is 1. The van der Waals surface area contributed by atoms with Crippen LogP contribution in [0.4, 0.5) is 0 Å². The number of carbonyl (C=O) groups excluding carboxylic acids is 1. The van der Waals surface area contributed by atoms with Crippen molar-refractivity contribution in [3.05, 3.63) is 21.4 Å². The molecule has 2 aliphatic rings. The zero-order valence-corrected chi connectivity index (χ0v) is 8.69. The maximum atomic E-state index is 10.3. The van der Waals surface area contributed by atoms with Gasteiger partial charge >= 0.3 is 0 Å². The molecule has 0 atom stereocenters. The second kappa shape index (κ2) is 2.78. The standard InChI is InChI=1S/C11H11NOS/c13-7-12-11(4-5-11)10-6-8-2-1-3-9(8)14-10/h6H,1-5H2. The molecule has 0 amide bonds. The first-order valence-electron chi connectivity index (χ1n) is 5.05. The molecule has 14 heavy (non-hydrogen) atoms.